The molecule has 128 valence electrons. The smallest absolute Gasteiger partial charge is 0.257 e. The molecule has 1 aliphatic heterocycles. The summed E-state index contributed by atoms with van der Waals surface area (Å²) in [6.45, 7) is 2.42. The van der Waals surface area contributed by atoms with Gasteiger partial charge in [0, 0.05) is 25.7 Å². The van der Waals surface area contributed by atoms with Crippen LogP contribution >= 0.6 is 11.8 Å². The number of hydrogen-bond acceptors (Lipinski definition) is 5. The van der Waals surface area contributed by atoms with Crippen molar-refractivity contribution in [1.82, 2.24) is 4.90 Å². The third-order valence-corrected chi connectivity index (χ3v) is 4.81. The van der Waals surface area contributed by atoms with Crippen LogP contribution in [0.2, 0.25) is 0 Å². The fourth-order valence-electron chi connectivity index (χ4n) is 2.89. The van der Waals surface area contributed by atoms with Crippen LogP contribution < -0.4 is 15.2 Å². The van der Waals surface area contributed by atoms with Crippen LogP contribution in [-0.2, 0) is 0 Å². The molecule has 1 atom stereocenters. The first-order valence-corrected chi connectivity index (χ1v) is 9.38. The van der Waals surface area contributed by atoms with E-state index < -0.39 is 0 Å². The lowest BCUT2D eigenvalue weighted by molar-refractivity contribution is 0.0681. The minimum atomic E-state index is 0.0328. The molecule has 2 N–H and O–H groups in total. The first-order valence-electron chi connectivity index (χ1n) is 7.98. The SMILES string of the molecule is COc1ccc(C(=O)N2CCC[C@H](CSC)C2)c(OCCN)c1. The van der Waals surface area contributed by atoms with Gasteiger partial charge in [-0.05, 0) is 42.9 Å². The molecule has 1 aromatic rings. The van der Waals surface area contributed by atoms with Crippen LogP contribution in [0, 0.1) is 5.92 Å². The lowest BCUT2D eigenvalue weighted by Gasteiger charge is -2.33. The van der Waals surface area contributed by atoms with E-state index in [0.29, 0.717) is 36.1 Å². The zero-order chi connectivity index (χ0) is 16.7. The van der Waals surface area contributed by atoms with Gasteiger partial charge in [-0.3, -0.25) is 4.79 Å². The zero-order valence-electron chi connectivity index (χ0n) is 13.9. The van der Waals surface area contributed by atoms with Gasteiger partial charge in [0.2, 0.25) is 0 Å². The standard InChI is InChI=1S/C17H26N2O3S/c1-21-14-5-6-15(16(10-14)22-9-7-18)17(20)19-8-3-4-13(11-19)12-23-2/h5-6,10,13H,3-4,7-9,11-12,18H2,1-2H3/t13-/m0/s1. The number of amides is 1. The molecular formula is C17H26N2O3S. The molecule has 0 aromatic heterocycles. The highest BCUT2D eigenvalue weighted by molar-refractivity contribution is 7.98. The minimum Gasteiger partial charge on any atom is -0.497 e. The average Bonchev–Trinajstić information content (AvgIpc) is 2.59. The Hall–Kier alpha value is -1.40. The summed E-state index contributed by atoms with van der Waals surface area (Å²) in [7, 11) is 1.60. The van der Waals surface area contributed by atoms with Crippen LogP contribution in [0.25, 0.3) is 0 Å². The van der Waals surface area contributed by atoms with Gasteiger partial charge in [-0.2, -0.15) is 11.8 Å². The molecule has 1 saturated heterocycles. The normalized spacial score (nSPS) is 17.9. The molecule has 1 aromatic carbocycles. The fourth-order valence-corrected chi connectivity index (χ4v) is 3.63. The zero-order valence-corrected chi connectivity index (χ0v) is 14.7. The first kappa shape index (κ1) is 17.9. The highest BCUT2D eigenvalue weighted by Crippen LogP contribution is 2.28. The molecule has 23 heavy (non-hydrogen) atoms. The van der Waals surface area contributed by atoms with Crippen LogP contribution in [0.3, 0.4) is 0 Å². The molecule has 2 rings (SSSR count). The van der Waals surface area contributed by atoms with E-state index in [1.807, 2.05) is 16.7 Å². The number of carbonyl (C=O) groups is 1. The van der Waals surface area contributed by atoms with Crippen molar-refractivity contribution in [2.45, 2.75) is 12.8 Å². The monoisotopic (exact) mass is 338 g/mol. The lowest BCUT2D eigenvalue weighted by Crippen LogP contribution is -2.40. The number of rotatable bonds is 7. The van der Waals surface area contributed by atoms with Gasteiger partial charge < -0.3 is 20.1 Å². The minimum absolute atomic E-state index is 0.0328. The summed E-state index contributed by atoms with van der Waals surface area (Å²) in [6.07, 6.45) is 4.37. The first-order chi connectivity index (χ1) is 11.2. The second-order valence-corrected chi connectivity index (χ2v) is 6.62. The van der Waals surface area contributed by atoms with Gasteiger partial charge in [0.1, 0.15) is 18.1 Å². The summed E-state index contributed by atoms with van der Waals surface area (Å²) < 4.78 is 10.9. The van der Waals surface area contributed by atoms with Crippen molar-refractivity contribution < 1.29 is 14.3 Å². The molecule has 0 aliphatic carbocycles. The molecule has 0 radical (unpaired) electrons. The third kappa shape index (κ3) is 4.78. The number of benzene rings is 1. The number of carbonyl (C=O) groups excluding carboxylic acids is 1. The van der Waals surface area contributed by atoms with Crippen LogP contribution in [0.5, 0.6) is 11.5 Å². The largest absolute Gasteiger partial charge is 0.497 e. The number of hydrogen-bond donors (Lipinski definition) is 1. The molecular weight excluding hydrogens is 312 g/mol. The Morgan fingerprint density at radius 3 is 3.00 bits per heavy atom. The third-order valence-electron chi connectivity index (χ3n) is 4.00. The maximum absolute atomic E-state index is 12.9. The molecule has 5 nitrogen and oxygen atoms in total. The van der Waals surface area contributed by atoms with Gasteiger partial charge in [0.15, 0.2) is 0 Å². The van der Waals surface area contributed by atoms with Crippen LogP contribution in [0.15, 0.2) is 18.2 Å². The van der Waals surface area contributed by atoms with E-state index in [9.17, 15) is 4.79 Å². The van der Waals surface area contributed by atoms with E-state index >= 15 is 0 Å². The maximum Gasteiger partial charge on any atom is 0.257 e. The van der Waals surface area contributed by atoms with Crippen molar-refractivity contribution in [2.75, 3.05) is 45.4 Å². The van der Waals surface area contributed by atoms with Crippen LogP contribution in [0.4, 0.5) is 0 Å². The van der Waals surface area contributed by atoms with Gasteiger partial charge >= 0.3 is 0 Å². The Kier molecular flexibility index (Phi) is 7.05. The maximum atomic E-state index is 12.9. The van der Waals surface area contributed by atoms with Crippen LogP contribution in [-0.4, -0.2) is 56.2 Å². The van der Waals surface area contributed by atoms with E-state index in [-0.39, 0.29) is 5.91 Å². The Bertz CT molecular complexity index is 523. The number of methoxy groups -OCH3 is 1. The van der Waals surface area contributed by atoms with Gasteiger partial charge in [0.25, 0.3) is 5.91 Å². The summed E-state index contributed by atoms with van der Waals surface area (Å²) in [5.74, 6) is 2.93. The van der Waals surface area contributed by atoms with Crippen molar-refractivity contribution >= 4 is 17.7 Å². The van der Waals surface area contributed by atoms with E-state index in [2.05, 4.69) is 6.26 Å². The molecule has 1 aliphatic rings. The number of piperidine rings is 1. The van der Waals surface area contributed by atoms with Crippen molar-refractivity contribution in [3.8, 4) is 11.5 Å². The van der Waals surface area contributed by atoms with Gasteiger partial charge in [-0.1, -0.05) is 0 Å². The van der Waals surface area contributed by atoms with Crippen molar-refractivity contribution in [3.05, 3.63) is 23.8 Å². The van der Waals surface area contributed by atoms with Gasteiger partial charge in [-0.25, -0.2) is 0 Å². The number of ether oxygens (including phenoxy) is 2. The van der Waals surface area contributed by atoms with E-state index in [1.165, 1.54) is 6.42 Å². The molecule has 1 heterocycles. The number of nitrogens with zero attached hydrogens (tertiary/aromatic N) is 1. The summed E-state index contributed by atoms with van der Waals surface area (Å²) in [4.78, 5) is 14.8. The summed E-state index contributed by atoms with van der Waals surface area (Å²) in [6, 6.07) is 5.34. The Morgan fingerprint density at radius 1 is 1.48 bits per heavy atom. The van der Waals surface area contributed by atoms with Gasteiger partial charge in [-0.15, -0.1) is 0 Å². The summed E-state index contributed by atoms with van der Waals surface area (Å²) >= 11 is 1.84. The molecule has 0 saturated carbocycles. The number of likely N-dealkylation sites (tertiary alicyclic amines) is 1. The van der Waals surface area contributed by atoms with Crippen molar-refractivity contribution in [2.24, 2.45) is 11.7 Å². The highest BCUT2D eigenvalue weighted by Gasteiger charge is 2.26. The summed E-state index contributed by atoms with van der Waals surface area (Å²) in [5.41, 5.74) is 6.10. The average molecular weight is 338 g/mol. The lowest BCUT2D eigenvalue weighted by atomic mass is 9.99. The topological polar surface area (TPSA) is 64.8 Å². The fraction of sp³-hybridized carbons (Fsp3) is 0.588. The Balaban J connectivity index is 2.16. The Labute approximate surface area is 142 Å². The van der Waals surface area contributed by atoms with Crippen molar-refractivity contribution in [1.29, 1.82) is 0 Å². The number of nitrogens with two attached hydrogens (primary N) is 1. The van der Waals surface area contributed by atoms with Gasteiger partial charge in [0.05, 0.1) is 12.7 Å². The molecule has 0 spiro atoms. The van der Waals surface area contributed by atoms with E-state index in [4.69, 9.17) is 15.2 Å². The Morgan fingerprint density at radius 2 is 2.30 bits per heavy atom. The van der Waals surface area contributed by atoms with E-state index in [0.717, 1.165) is 25.3 Å². The highest BCUT2D eigenvalue weighted by atomic mass is 32.2. The molecule has 6 heteroatoms. The van der Waals surface area contributed by atoms with E-state index in [1.54, 1.807) is 25.3 Å². The van der Waals surface area contributed by atoms with Crippen molar-refractivity contribution in [3.63, 3.8) is 0 Å². The predicted octanol–water partition coefficient (Wildman–Crippen LogP) is 2.25. The molecule has 1 amide bonds. The predicted molar refractivity (Wildman–Crippen MR) is 94.6 cm³/mol. The summed E-state index contributed by atoms with van der Waals surface area (Å²) in [5, 5.41) is 0. The second kappa shape index (κ2) is 9.03. The van der Waals surface area contributed by atoms with Crippen LogP contribution in [0.1, 0.15) is 23.2 Å². The molecule has 0 bridgehead atoms. The number of thioether (sulfide) groups is 1. The molecule has 1 fully saturated rings. The molecule has 0 unspecified atom stereocenters. The quantitative estimate of drug-likeness (QED) is 0.826. The second-order valence-electron chi connectivity index (χ2n) is 5.71.